The van der Waals surface area contributed by atoms with Crippen LogP contribution in [0, 0.1) is 0 Å². The number of anilines is 1. The van der Waals surface area contributed by atoms with Crippen LogP contribution in [0.4, 0.5) is 5.82 Å². The van der Waals surface area contributed by atoms with E-state index >= 15 is 0 Å². The van der Waals surface area contributed by atoms with Crippen LogP contribution >= 0.6 is 0 Å². The highest BCUT2D eigenvalue weighted by Gasteiger charge is 2.19. The Hall–Kier alpha value is -1.62. The number of hydrogen-bond acceptors (Lipinski definition) is 4. The molecule has 5 heteroatoms. The van der Waals surface area contributed by atoms with Gasteiger partial charge in [0.2, 0.25) is 0 Å². The smallest absolute Gasteiger partial charge is 0.251 e. The monoisotopic (exact) mass is 293 g/mol. The number of nitrogens with zero attached hydrogens (tertiary/aromatic N) is 1. The van der Waals surface area contributed by atoms with Gasteiger partial charge in [-0.1, -0.05) is 20.8 Å². The number of aromatic nitrogens is 1. The van der Waals surface area contributed by atoms with Crippen LogP contribution in [-0.4, -0.2) is 37.2 Å². The predicted octanol–water partition coefficient (Wildman–Crippen LogP) is 2.58. The molecule has 0 aliphatic heterocycles. The van der Waals surface area contributed by atoms with Crippen molar-refractivity contribution in [2.45, 2.75) is 46.1 Å². The third-order valence-electron chi connectivity index (χ3n) is 3.06. The van der Waals surface area contributed by atoms with Crippen LogP contribution in [0.2, 0.25) is 0 Å². The minimum absolute atomic E-state index is 0.0262. The van der Waals surface area contributed by atoms with E-state index in [4.69, 9.17) is 4.74 Å². The summed E-state index contributed by atoms with van der Waals surface area (Å²) in [7, 11) is 1.80. The second-order valence-corrected chi connectivity index (χ2v) is 6.16. The molecule has 118 valence electrons. The summed E-state index contributed by atoms with van der Waals surface area (Å²) in [5.41, 5.74) is 1.39. The van der Waals surface area contributed by atoms with Crippen molar-refractivity contribution in [3.63, 3.8) is 0 Å². The average Bonchev–Trinajstić information content (AvgIpc) is 2.43. The Kier molecular flexibility index (Phi) is 6.15. The normalized spacial score (nSPS) is 12.9. The highest BCUT2D eigenvalue weighted by atomic mass is 16.5. The third-order valence-corrected chi connectivity index (χ3v) is 3.06. The molecule has 1 unspecified atom stereocenters. The van der Waals surface area contributed by atoms with Crippen molar-refractivity contribution >= 4 is 11.7 Å². The minimum Gasteiger partial charge on any atom is -0.380 e. The first-order valence-electron chi connectivity index (χ1n) is 7.36. The van der Waals surface area contributed by atoms with E-state index in [1.54, 1.807) is 13.1 Å². The number of ether oxygens (including phenoxy) is 1. The van der Waals surface area contributed by atoms with Gasteiger partial charge in [0, 0.05) is 36.4 Å². The number of nitrogens with one attached hydrogen (secondary N) is 2. The van der Waals surface area contributed by atoms with Crippen LogP contribution in [-0.2, 0) is 10.2 Å². The molecular formula is C16H27N3O2. The Balaban J connectivity index is 2.93. The fraction of sp³-hybridized carbons (Fsp3) is 0.625. The molecule has 1 amide bonds. The van der Waals surface area contributed by atoms with Gasteiger partial charge in [-0.3, -0.25) is 4.79 Å². The van der Waals surface area contributed by atoms with E-state index in [2.05, 4.69) is 36.4 Å². The second-order valence-electron chi connectivity index (χ2n) is 6.16. The lowest BCUT2D eigenvalue weighted by Crippen LogP contribution is -2.36. The van der Waals surface area contributed by atoms with Gasteiger partial charge in [0.1, 0.15) is 5.82 Å². The van der Waals surface area contributed by atoms with Gasteiger partial charge in [-0.25, -0.2) is 4.98 Å². The molecule has 1 rings (SSSR count). The van der Waals surface area contributed by atoms with E-state index < -0.39 is 0 Å². The summed E-state index contributed by atoms with van der Waals surface area (Å²) in [6.07, 6.45) is 0. The fourth-order valence-electron chi connectivity index (χ4n) is 1.82. The maximum Gasteiger partial charge on any atom is 0.251 e. The van der Waals surface area contributed by atoms with Crippen LogP contribution in [0.5, 0.6) is 0 Å². The van der Waals surface area contributed by atoms with Crippen molar-refractivity contribution in [1.82, 2.24) is 10.3 Å². The molecule has 0 radical (unpaired) electrons. The van der Waals surface area contributed by atoms with Crippen molar-refractivity contribution in [1.29, 1.82) is 0 Å². The Morgan fingerprint density at radius 3 is 2.57 bits per heavy atom. The summed E-state index contributed by atoms with van der Waals surface area (Å²) in [5.74, 6) is 0.594. The fourth-order valence-corrected chi connectivity index (χ4v) is 1.82. The lowest BCUT2D eigenvalue weighted by Gasteiger charge is -2.20. The molecule has 0 aliphatic carbocycles. The first-order chi connectivity index (χ1) is 9.77. The first-order valence-corrected chi connectivity index (χ1v) is 7.36. The highest BCUT2D eigenvalue weighted by molar-refractivity contribution is 5.95. The summed E-state index contributed by atoms with van der Waals surface area (Å²) in [6, 6.07) is 3.59. The van der Waals surface area contributed by atoms with Gasteiger partial charge in [0.05, 0.1) is 6.61 Å². The van der Waals surface area contributed by atoms with E-state index in [0.717, 1.165) is 5.69 Å². The van der Waals surface area contributed by atoms with Gasteiger partial charge in [-0.05, 0) is 26.0 Å². The van der Waals surface area contributed by atoms with Gasteiger partial charge < -0.3 is 15.4 Å². The van der Waals surface area contributed by atoms with Gasteiger partial charge in [0.25, 0.3) is 5.91 Å². The SMILES string of the molecule is CCOCC(C)NC(=O)c1cc(NC)nc(C(C)(C)C)c1. The Labute approximate surface area is 127 Å². The summed E-state index contributed by atoms with van der Waals surface area (Å²) >= 11 is 0. The molecule has 1 atom stereocenters. The Morgan fingerprint density at radius 1 is 1.38 bits per heavy atom. The van der Waals surface area contributed by atoms with Crippen molar-refractivity contribution in [2.75, 3.05) is 25.6 Å². The van der Waals surface area contributed by atoms with E-state index in [1.807, 2.05) is 19.9 Å². The molecule has 0 aromatic carbocycles. The first kappa shape index (κ1) is 17.4. The molecule has 0 saturated carbocycles. The molecule has 21 heavy (non-hydrogen) atoms. The van der Waals surface area contributed by atoms with Gasteiger partial charge in [0.15, 0.2) is 0 Å². The lowest BCUT2D eigenvalue weighted by molar-refractivity contribution is 0.0872. The Morgan fingerprint density at radius 2 is 2.05 bits per heavy atom. The number of amides is 1. The second kappa shape index (κ2) is 7.41. The zero-order valence-electron chi connectivity index (χ0n) is 13.9. The van der Waals surface area contributed by atoms with Crippen molar-refractivity contribution in [3.05, 3.63) is 23.4 Å². The van der Waals surface area contributed by atoms with Gasteiger partial charge >= 0.3 is 0 Å². The van der Waals surface area contributed by atoms with Crippen molar-refractivity contribution in [3.8, 4) is 0 Å². The van der Waals surface area contributed by atoms with Crippen molar-refractivity contribution in [2.24, 2.45) is 0 Å². The molecule has 0 bridgehead atoms. The van der Waals surface area contributed by atoms with E-state index in [1.165, 1.54) is 0 Å². The largest absolute Gasteiger partial charge is 0.380 e. The number of hydrogen-bond donors (Lipinski definition) is 2. The molecule has 2 N–H and O–H groups in total. The predicted molar refractivity (Wildman–Crippen MR) is 85.9 cm³/mol. The molecule has 0 saturated heterocycles. The van der Waals surface area contributed by atoms with Crippen LogP contribution in [0.3, 0.4) is 0 Å². The maximum absolute atomic E-state index is 12.3. The number of pyridine rings is 1. The standard InChI is InChI=1S/C16H27N3O2/c1-7-21-10-11(2)18-15(20)12-8-13(16(3,4)5)19-14(9-12)17-6/h8-9,11H,7,10H2,1-6H3,(H,17,19)(H,18,20). The molecule has 0 spiro atoms. The summed E-state index contributed by atoms with van der Waals surface area (Å²) in [5, 5.41) is 5.95. The van der Waals surface area contributed by atoms with Crippen LogP contribution in [0.15, 0.2) is 12.1 Å². The van der Waals surface area contributed by atoms with E-state index in [0.29, 0.717) is 24.6 Å². The zero-order chi connectivity index (χ0) is 16.0. The summed E-state index contributed by atoms with van der Waals surface area (Å²) in [4.78, 5) is 16.9. The minimum atomic E-state index is -0.112. The molecule has 0 aliphatic rings. The molecule has 5 nitrogen and oxygen atoms in total. The third kappa shape index (κ3) is 5.34. The topological polar surface area (TPSA) is 63.2 Å². The summed E-state index contributed by atoms with van der Waals surface area (Å²) in [6.45, 7) is 11.3. The average molecular weight is 293 g/mol. The van der Waals surface area contributed by atoms with E-state index in [-0.39, 0.29) is 17.4 Å². The van der Waals surface area contributed by atoms with Gasteiger partial charge in [-0.2, -0.15) is 0 Å². The Bertz CT molecular complexity index is 481. The maximum atomic E-state index is 12.3. The van der Waals surface area contributed by atoms with Crippen LogP contribution in [0.1, 0.15) is 50.7 Å². The molecular weight excluding hydrogens is 266 g/mol. The van der Waals surface area contributed by atoms with Crippen LogP contribution in [0.25, 0.3) is 0 Å². The summed E-state index contributed by atoms with van der Waals surface area (Å²) < 4.78 is 5.32. The van der Waals surface area contributed by atoms with Crippen LogP contribution < -0.4 is 10.6 Å². The molecule has 1 heterocycles. The van der Waals surface area contributed by atoms with Gasteiger partial charge in [-0.15, -0.1) is 0 Å². The van der Waals surface area contributed by atoms with E-state index in [9.17, 15) is 4.79 Å². The highest BCUT2D eigenvalue weighted by Crippen LogP contribution is 2.23. The molecule has 0 fully saturated rings. The lowest BCUT2D eigenvalue weighted by atomic mass is 9.90. The molecule has 1 aromatic rings. The quantitative estimate of drug-likeness (QED) is 0.846. The number of rotatable bonds is 6. The zero-order valence-corrected chi connectivity index (χ0v) is 13.9. The molecule has 1 aromatic heterocycles. The van der Waals surface area contributed by atoms with Crippen molar-refractivity contribution < 1.29 is 9.53 Å². The number of carbonyl (C=O) groups excluding carboxylic acids is 1. The number of carbonyl (C=O) groups is 1.